The second kappa shape index (κ2) is 7.38. The van der Waals surface area contributed by atoms with E-state index in [1.165, 1.54) is 25.7 Å². The van der Waals surface area contributed by atoms with E-state index >= 15 is 0 Å². The smallest absolute Gasteiger partial charge is 0.237 e. The average molecular weight is 283 g/mol. The summed E-state index contributed by atoms with van der Waals surface area (Å²) in [5.74, 6) is 0.192. The predicted octanol–water partition coefficient (Wildman–Crippen LogP) is 0.908. The van der Waals surface area contributed by atoms with Gasteiger partial charge in [0.2, 0.25) is 5.91 Å². The number of carbonyl (C=O) groups excluding carboxylic acids is 1. The van der Waals surface area contributed by atoms with Crippen molar-refractivity contribution in [2.24, 2.45) is 17.4 Å². The van der Waals surface area contributed by atoms with Gasteiger partial charge in [0.25, 0.3) is 0 Å². The summed E-state index contributed by atoms with van der Waals surface area (Å²) in [5.41, 5.74) is 12.2. The van der Waals surface area contributed by atoms with Crippen molar-refractivity contribution in [1.29, 1.82) is 0 Å². The largest absolute Gasteiger partial charge is 0.381 e. The third kappa shape index (κ3) is 4.43. The number of nitrogens with two attached hydrogens (primary N) is 2. The molecule has 1 heterocycles. The maximum atomic E-state index is 12.2. The van der Waals surface area contributed by atoms with E-state index in [0.717, 1.165) is 25.7 Å². The van der Waals surface area contributed by atoms with Gasteiger partial charge in [0.05, 0.1) is 6.04 Å². The van der Waals surface area contributed by atoms with Gasteiger partial charge in [-0.25, -0.2) is 0 Å². The summed E-state index contributed by atoms with van der Waals surface area (Å²) >= 11 is 0. The standard InChI is InChI=1S/C15H29N3O2/c16-13(12-5-9-20-10-6-12)14(19)18-11-15(17)7-3-1-2-4-8-15/h12-13H,1-11,16-17H2,(H,18,19). The lowest BCUT2D eigenvalue weighted by molar-refractivity contribution is -0.124. The Morgan fingerprint density at radius 2 is 1.80 bits per heavy atom. The number of ether oxygens (including phenoxy) is 1. The summed E-state index contributed by atoms with van der Waals surface area (Å²) in [7, 11) is 0. The van der Waals surface area contributed by atoms with Gasteiger partial charge in [-0.3, -0.25) is 4.79 Å². The number of rotatable bonds is 4. The molecule has 1 saturated heterocycles. The molecule has 5 N–H and O–H groups in total. The number of hydrogen-bond acceptors (Lipinski definition) is 4. The molecule has 0 aromatic carbocycles. The zero-order valence-corrected chi connectivity index (χ0v) is 12.4. The second-order valence-electron chi connectivity index (χ2n) is 6.47. The lowest BCUT2D eigenvalue weighted by Gasteiger charge is -2.31. The Hall–Kier alpha value is -0.650. The first-order valence-electron chi connectivity index (χ1n) is 8.01. The fraction of sp³-hybridized carbons (Fsp3) is 0.933. The van der Waals surface area contributed by atoms with Gasteiger partial charge in [-0.2, -0.15) is 0 Å². The van der Waals surface area contributed by atoms with Gasteiger partial charge < -0.3 is 21.5 Å². The Balaban J connectivity index is 1.78. The number of amides is 1. The summed E-state index contributed by atoms with van der Waals surface area (Å²) in [5, 5.41) is 2.99. The van der Waals surface area contributed by atoms with E-state index in [4.69, 9.17) is 16.2 Å². The Bertz CT molecular complexity index is 308. The predicted molar refractivity (Wildman–Crippen MR) is 79.1 cm³/mol. The minimum Gasteiger partial charge on any atom is -0.381 e. The highest BCUT2D eigenvalue weighted by Crippen LogP contribution is 2.24. The van der Waals surface area contributed by atoms with Gasteiger partial charge in [0.1, 0.15) is 0 Å². The molecule has 2 aliphatic rings. The van der Waals surface area contributed by atoms with Crippen LogP contribution < -0.4 is 16.8 Å². The summed E-state index contributed by atoms with van der Waals surface area (Å²) < 4.78 is 5.31. The summed E-state index contributed by atoms with van der Waals surface area (Å²) in [6.45, 7) is 1.99. The first kappa shape index (κ1) is 15.7. The van der Waals surface area contributed by atoms with E-state index in [2.05, 4.69) is 5.32 Å². The zero-order chi connectivity index (χ0) is 14.4. The lowest BCUT2D eigenvalue weighted by atomic mass is 9.89. The monoisotopic (exact) mass is 283 g/mol. The highest BCUT2D eigenvalue weighted by molar-refractivity contribution is 5.81. The molecular formula is C15H29N3O2. The Labute approximate surface area is 121 Å². The van der Waals surface area contributed by atoms with Crippen molar-refractivity contribution in [3.05, 3.63) is 0 Å². The fourth-order valence-electron chi connectivity index (χ4n) is 3.28. The molecular weight excluding hydrogens is 254 g/mol. The van der Waals surface area contributed by atoms with Crippen LogP contribution in [0.15, 0.2) is 0 Å². The topological polar surface area (TPSA) is 90.4 Å². The van der Waals surface area contributed by atoms with E-state index in [1.54, 1.807) is 0 Å². The van der Waals surface area contributed by atoms with Crippen LogP contribution in [0.25, 0.3) is 0 Å². The van der Waals surface area contributed by atoms with Crippen molar-refractivity contribution >= 4 is 5.91 Å². The van der Waals surface area contributed by atoms with E-state index in [0.29, 0.717) is 19.8 Å². The van der Waals surface area contributed by atoms with Crippen LogP contribution in [-0.2, 0) is 9.53 Å². The van der Waals surface area contributed by atoms with Crippen LogP contribution in [0.3, 0.4) is 0 Å². The van der Waals surface area contributed by atoms with Crippen LogP contribution in [0, 0.1) is 5.92 Å². The molecule has 1 unspecified atom stereocenters. The Kier molecular flexibility index (Phi) is 5.81. The highest BCUT2D eigenvalue weighted by atomic mass is 16.5. The molecule has 1 atom stereocenters. The maximum absolute atomic E-state index is 12.2. The zero-order valence-electron chi connectivity index (χ0n) is 12.4. The summed E-state index contributed by atoms with van der Waals surface area (Å²) in [6, 6.07) is -0.423. The quantitative estimate of drug-likeness (QED) is 0.669. The van der Waals surface area contributed by atoms with Crippen molar-refractivity contribution in [3.8, 4) is 0 Å². The van der Waals surface area contributed by atoms with Crippen LogP contribution in [0.1, 0.15) is 51.4 Å². The molecule has 0 bridgehead atoms. The van der Waals surface area contributed by atoms with Crippen LogP contribution in [0.2, 0.25) is 0 Å². The molecule has 1 saturated carbocycles. The molecule has 5 heteroatoms. The van der Waals surface area contributed by atoms with Crippen molar-refractivity contribution in [2.45, 2.75) is 62.9 Å². The number of carbonyl (C=O) groups is 1. The van der Waals surface area contributed by atoms with Gasteiger partial charge in [-0.1, -0.05) is 25.7 Å². The normalized spacial score (nSPS) is 25.7. The molecule has 2 rings (SSSR count). The minimum absolute atomic E-state index is 0.0500. The number of hydrogen-bond donors (Lipinski definition) is 3. The maximum Gasteiger partial charge on any atom is 0.237 e. The molecule has 5 nitrogen and oxygen atoms in total. The molecule has 2 fully saturated rings. The molecule has 1 amide bonds. The van der Waals surface area contributed by atoms with Crippen LogP contribution in [0.5, 0.6) is 0 Å². The molecule has 1 aliphatic carbocycles. The summed E-state index contributed by atoms with van der Waals surface area (Å²) in [6.07, 6.45) is 8.60. The van der Waals surface area contributed by atoms with Crippen molar-refractivity contribution < 1.29 is 9.53 Å². The SMILES string of the molecule is NC(C(=O)NCC1(N)CCCCCC1)C1CCOCC1. The molecule has 0 radical (unpaired) electrons. The first-order chi connectivity index (χ1) is 9.61. The third-order valence-corrected chi connectivity index (χ3v) is 4.79. The van der Waals surface area contributed by atoms with E-state index < -0.39 is 6.04 Å². The number of nitrogens with one attached hydrogen (secondary N) is 1. The molecule has 0 aromatic heterocycles. The van der Waals surface area contributed by atoms with Gasteiger partial charge in [-0.15, -0.1) is 0 Å². The van der Waals surface area contributed by atoms with E-state index in [-0.39, 0.29) is 17.4 Å². The lowest BCUT2D eigenvalue weighted by Crippen LogP contribution is -2.54. The Morgan fingerprint density at radius 1 is 1.20 bits per heavy atom. The van der Waals surface area contributed by atoms with Crippen molar-refractivity contribution in [2.75, 3.05) is 19.8 Å². The molecule has 0 aromatic rings. The van der Waals surface area contributed by atoms with E-state index in [9.17, 15) is 4.79 Å². The first-order valence-corrected chi connectivity index (χ1v) is 8.01. The highest BCUT2D eigenvalue weighted by Gasteiger charge is 2.30. The van der Waals surface area contributed by atoms with Crippen LogP contribution in [0.4, 0.5) is 0 Å². The van der Waals surface area contributed by atoms with Crippen LogP contribution >= 0.6 is 0 Å². The summed E-state index contributed by atoms with van der Waals surface area (Å²) in [4.78, 5) is 12.2. The van der Waals surface area contributed by atoms with Gasteiger partial charge in [-0.05, 0) is 31.6 Å². The van der Waals surface area contributed by atoms with Crippen LogP contribution in [-0.4, -0.2) is 37.2 Å². The van der Waals surface area contributed by atoms with Gasteiger partial charge in [0, 0.05) is 25.3 Å². The molecule has 0 spiro atoms. The minimum atomic E-state index is -0.423. The van der Waals surface area contributed by atoms with Crippen molar-refractivity contribution in [3.63, 3.8) is 0 Å². The average Bonchev–Trinajstić information content (AvgIpc) is 2.70. The molecule has 20 heavy (non-hydrogen) atoms. The third-order valence-electron chi connectivity index (χ3n) is 4.79. The molecule has 116 valence electrons. The second-order valence-corrected chi connectivity index (χ2v) is 6.47. The van der Waals surface area contributed by atoms with Gasteiger partial charge >= 0.3 is 0 Å². The van der Waals surface area contributed by atoms with Crippen molar-refractivity contribution in [1.82, 2.24) is 5.32 Å². The van der Waals surface area contributed by atoms with Gasteiger partial charge in [0.15, 0.2) is 0 Å². The molecule has 1 aliphatic heterocycles. The Morgan fingerprint density at radius 3 is 2.40 bits per heavy atom. The van der Waals surface area contributed by atoms with E-state index in [1.807, 2.05) is 0 Å². The fourth-order valence-corrected chi connectivity index (χ4v) is 3.28.